The first-order valence-corrected chi connectivity index (χ1v) is 5.08. The van der Waals surface area contributed by atoms with E-state index in [1.54, 1.807) is 48.8 Å². The summed E-state index contributed by atoms with van der Waals surface area (Å²) in [7, 11) is 0. The van der Waals surface area contributed by atoms with E-state index in [0.717, 1.165) is 0 Å². The fourth-order valence-electron chi connectivity index (χ4n) is 1.44. The van der Waals surface area contributed by atoms with Crippen LogP contribution < -0.4 is 16.6 Å². The Kier molecular flexibility index (Phi) is 3.32. The first-order chi connectivity index (χ1) is 8.31. The van der Waals surface area contributed by atoms with Crippen molar-refractivity contribution in [3.63, 3.8) is 0 Å². The van der Waals surface area contributed by atoms with E-state index in [1.807, 2.05) is 0 Å². The van der Waals surface area contributed by atoms with Crippen LogP contribution in [0.1, 0.15) is 10.4 Å². The zero-order chi connectivity index (χ0) is 12.1. The molecule has 1 aromatic heterocycles. The molecule has 0 spiro atoms. The lowest BCUT2D eigenvalue weighted by molar-refractivity contribution is 0.102. The molecule has 1 aromatic carbocycles. The largest absolute Gasteiger partial charge is 0.323 e. The van der Waals surface area contributed by atoms with Crippen molar-refractivity contribution in [2.24, 2.45) is 5.84 Å². The maximum absolute atomic E-state index is 12.0. The highest BCUT2D eigenvalue weighted by Crippen LogP contribution is 2.15. The second kappa shape index (κ2) is 5.09. The Morgan fingerprint density at radius 3 is 2.53 bits per heavy atom. The van der Waals surface area contributed by atoms with Crippen molar-refractivity contribution >= 4 is 17.3 Å². The molecule has 0 unspecified atom stereocenters. The summed E-state index contributed by atoms with van der Waals surface area (Å²) >= 11 is 0. The van der Waals surface area contributed by atoms with Gasteiger partial charge >= 0.3 is 0 Å². The number of carbonyl (C=O) groups is 1. The van der Waals surface area contributed by atoms with Gasteiger partial charge in [-0.05, 0) is 24.3 Å². The molecule has 2 aromatic rings. The minimum absolute atomic E-state index is 0.218. The van der Waals surface area contributed by atoms with Gasteiger partial charge in [0, 0.05) is 18.1 Å². The topological polar surface area (TPSA) is 80.0 Å². The third kappa shape index (κ3) is 2.59. The number of aromatic nitrogens is 1. The van der Waals surface area contributed by atoms with E-state index in [2.05, 4.69) is 15.7 Å². The minimum Gasteiger partial charge on any atom is -0.323 e. The first kappa shape index (κ1) is 11.1. The number of hydrazine groups is 1. The van der Waals surface area contributed by atoms with Crippen LogP contribution in [0.4, 0.5) is 11.4 Å². The Bertz CT molecular complexity index is 513. The van der Waals surface area contributed by atoms with Gasteiger partial charge in [-0.2, -0.15) is 0 Å². The molecule has 0 atom stereocenters. The lowest BCUT2D eigenvalue weighted by Gasteiger charge is -2.08. The highest BCUT2D eigenvalue weighted by atomic mass is 16.1. The van der Waals surface area contributed by atoms with Crippen LogP contribution in [0.3, 0.4) is 0 Å². The number of anilines is 2. The average Bonchev–Trinajstić information content (AvgIpc) is 2.40. The number of nitrogens with one attached hydrogen (secondary N) is 2. The number of pyridine rings is 1. The number of nitrogens with zero attached hydrogens (tertiary/aromatic N) is 1. The molecule has 0 aliphatic carbocycles. The molecule has 86 valence electrons. The smallest absolute Gasteiger partial charge is 0.257 e. The zero-order valence-electron chi connectivity index (χ0n) is 9.05. The van der Waals surface area contributed by atoms with Crippen molar-refractivity contribution in [3.05, 3.63) is 54.4 Å². The van der Waals surface area contributed by atoms with E-state index in [4.69, 9.17) is 5.84 Å². The highest BCUT2D eigenvalue weighted by molar-refractivity contribution is 6.07. The summed E-state index contributed by atoms with van der Waals surface area (Å²) in [5, 5.41) is 2.76. The van der Waals surface area contributed by atoms with Crippen LogP contribution in [-0.4, -0.2) is 10.9 Å². The van der Waals surface area contributed by atoms with Crippen molar-refractivity contribution in [1.29, 1.82) is 0 Å². The Morgan fingerprint density at radius 1 is 1.12 bits per heavy atom. The second-order valence-corrected chi connectivity index (χ2v) is 3.38. The molecule has 0 fully saturated rings. The number of hydrogen-bond acceptors (Lipinski definition) is 4. The summed E-state index contributed by atoms with van der Waals surface area (Å²) in [5.74, 6) is 5.12. The van der Waals surface area contributed by atoms with Crippen LogP contribution in [-0.2, 0) is 0 Å². The number of rotatable bonds is 3. The Morgan fingerprint density at radius 2 is 1.82 bits per heavy atom. The van der Waals surface area contributed by atoms with Gasteiger partial charge in [0.25, 0.3) is 5.91 Å². The van der Waals surface area contributed by atoms with Gasteiger partial charge in [-0.15, -0.1) is 0 Å². The van der Waals surface area contributed by atoms with E-state index < -0.39 is 0 Å². The van der Waals surface area contributed by atoms with Crippen LogP contribution in [0.25, 0.3) is 0 Å². The SMILES string of the molecule is NNc1ccccc1C(=O)Nc1ccncc1. The molecule has 4 N–H and O–H groups in total. The summed E-state index contributed by atoms with van der Waals surface area (Å²) in [6.45, 7) is 0. The van der Waals surface area contributed by atoms with E-state index in [1.165, 1.54) is 0 Å². The average molecular weight is 228 g/mol. The number of nitrogen functional groups attached to an aromatic ring is 1. The molecule has 1 amide bonds. The molecule has 0 aliphatic rings. The summed E-state index contributed by atoms with van der Waals surface area (Å²) in [6.07, 6.45) is 3.23. The minimum atomic E-state index is -0.218. The molecule has 0 aliphatic heterocycles. The van der Waals surface area contributed by atoms with Gasteiger partial charge in [0.15, 0.2) is 0 Å². The highest BCUT2D eigenvalue weighted by Gasteiger charge is 2.09. The van der Waals surface area contributed by atoms with Crippen LogP contribution >= 0.6 is 0 Å². The number of hydrogen-bond donors (Lipinski definition) is 3. The second-order valence-electron chi connectivity index (χ2n) is 3.38. The molecule has 0 saturated carbocycles. The van der Waals surface area contributed by atoms with Crippen LogP contribution in [0.2, 0.25) is 0 Å². The molecule has 5 heteroatoms. The van der Waals surface area contributed by atoms with Crippen molar-refractivity contribution < 1.29 is 4.79 Å². The Labute approximate surface area is 98.6 Å². The summed E-state index contributed by atoms with van der Waals surface area (Å²) in [5.41, 5.74) is 4.26. The van der Waals surface area contributed by atoms with Crippen LogP contribution in [0.5, 0.6) is 0 Å². The van der Waals surface area contributed by atoms with Gasteiger partial charge in [0.05, 0.1) is 11.3 Å². The van der Waals surface area contributed by atoms with Gasteiger partial charge in [0.1, 0.15) is 0 Å². The number of carbonyl (C=O) groups excluding carboxylic acids is 1. The Balaban J connectivity index is 2.20. The van der Waals surface area contributed by atoms with E-state index in [-0.39, 0.29) is 5.91 Å². The van der Waals surface area contributed by atoms with Crippen LogP contribution in [0, 0.1) is 0 Å². The van der Waals surface area contributed by atoms with Crippen molar-refractivity contribution in [2.75, 3.05) is 10.7 Å². The standard InChI is InChI=1S/C12H12N4O/c13-16-11-4-2-1-3-10(11)12(17)15-9-5-7-14-8-6-9/h1-8,16H,13H2,(H,14,15,17). The third-order valence-corrected chi connectivity index (χ3v) is 2.27. The maximum Gasteiger partial charge on any atom is 0.257 e. The quantitative estimate of drug-likeness (QED) is 0.551. The molecule has 17 heavy (non-hydrogen) atoms. The summed E-state index contributed by atoms with van der Waals surface area (Å²) in [4.78, 5) is 15.8. The van der Waals surface area contributed by atoms with E-state index in [0.29, 0.717) is 16.9 Å². The lowest BCUT2D eigenvalue weighted by Crippen LogP contribution is -2.17. The van der Waals surface area contributed by atoms with Crippen molar-refractivity contribution in [2.45, 2.75) is 0 Å². The monoisotopic (exact) mass is 228 g/mol. The first-order valence-electron chi connectivity index (χ1n) is 5.08. The lowest BCUT2D eigenvalue weighted by atomic mass is 10.1. The normalized spacial score (nSPS) is 9.71. The van der Waals surface area contributed by atoms with E-state index in [9.17, 15) is 4.79 Å². The number of para-hydroxylation sites is 1. The zero-order valence-corrected chi connectivity index (χ0v) is 9.05. The molecule has 5 nitrogen and oxygen atoms in total. The number of amides is 1. The van der Waals surface area contributed by atoms with Crippen LogP contribution in [0.15, 0.2) is 48.8 Å². The molecule has 1 heterocycles. The molecule has 2 rings (SSSR count). The van der Waals surface area contributed by atoms with Gasteiger partial charge in [-0.3, -0.25) is 15.6 Å². The fraction of sp³-hybridized carbons (Fsp3) is 0. The predicted molar refractivity (Wildman–Crippen MR) is 66.4 cm³/mol. The molecule has 0 radical (unpaired) electrons. The predicted octanol–water partition coefficient (Wildman–Crippen LogP) is 1.62. The third-order valence-electron chi connectivity index (χ3n) is 2.27. The summed E-state index contributed by atoms with van der Waals surface area (Å²) in [6, 6.07) is 10.5. The van der Waals surface area contributed by atoms with Gasteiger partial charge < -0.3 is 10.7 Å². The van der Waals surface area contributed by atoms with Gasteiger partial charge in [0.2, 0.25) is 0 Å². The molecule has 0 bridgehead atoms. The molecule has 0 saturated heterocycles. The maximum atomic E-state index is 12.0. The van der Waals surface area contributed by atoms with Gasteiger partial charge in [-0.25, -0.2) is 0 Å². The van der Waals surface area contributed by atoms with Crippen molar-refractivity contribution in [1.82, 2.24) is 4.98 Å². The molecular formula is C12H12N4O. The van der Waals surface area contributed by atoms with Gasteiger partial charge in [-0.1, -0.05) is 12.1 Å². The van der Waals surface area contributed by atoms with E-state index >= 15 is 0 Å². The fourth-order valence-corrected chi connectivity index (χ4v) is 1.44. The van der Waals surface area contributed by atoms with Crippen molar-refractivity contribution in [3.8, 4) is 0 Å². The number of benzene rings is 1. The molecular weight excluding hydrogens is 216 g/mol. The number of nitrogens with two attached hydrogens (primary N) is 1. The Hall–Kier alpha value is -2.40. The summed E-state index contributed by atoms with van der Waals surface area (Å²) < 4.78 is 0.